The zero-order chi connectivity index (χ0) is 22.6. The van der Waals surface area contributed by atoms with Crippen molar-refractivity contribution in [2.45, 2.75) is 0 Å². The van der Waals surface area contributed by atoms with Crippen LogP contribution in [-0.4, -0.2) is 25.7 Å². The maximum Gasteiger partial charge on any atom is 0.261 e. The summed E-state index contributed by atoms with van der Waals surface area (Å²) < 4.78 is 1.68. The number of thiazole rings is 1. The van der Waals surface area contributed by atoms with Gasteiger partial charge in [-0.1, -0.05) is 65.9 Å². The summed E-state index contributed by atoms with van der Waals surface area (Å²) in [5.74, 6) is -0.359. The molecule has 0 aliphatic carbocycles. The molecule has 5 rings (SSSR count). The molecule has 2 aromatic carbocycles. The molecule has 5 aromatic rings. The molecule has 3 heterocycles. The first kappa shape index (κ1) is 20.3. The number of carbonyl (C=O) groups excluding carboxylic acids is 1. The van der Waals surface area contributed by atoms with Crippen LogP contribution in [0.1, 0.15) is 15.2 Å². The van der Waals surface area contributed by atoms with Gasteiger partial charge in [0.25, 0.3) is 5.91 Å². The van der Waals surface area contributed by atoms with Crippen LogP contribution in [0.2, 0.25) is 0 Å². The van der Waals surface area contributed by atoms with Gasteiger partial charge in [-0.25, -0.2) is 9.67 Å². The van der Waals surface area contributed by atoms with Crippen LogP contribution in [-0.2, 0) is 0 Å². The zero-order valence-electron chi connectivity index (χ0n) is 17.2. The Balaban J connectivity index is 1.52. The van der Waals surface area contributed by atoms with Crippen LogP contribution in [0.3, 0.4) is 0 Å². The molecule has 1 N–H and O–H groups in total. The van der Waals surface area contributed by atoms with Crippen LogP contribution in [0.4, 0.5) is 5.13 Å². The summed E-state index contributed by atoms with van der Waals surface area (Å²) in [5, 5.41) is 17.4. The highest BCUT2D eigenvalue weighted by Crippen LogP contribution is 2.30. The minimum atomic E-state index is -0.359. The minimum absolute atomic E-state index is 0.323. The molecule has 0 aliphatic rings. The first-order chi connectivity index (χ1) is 16.2. The fourth-order valence-corrected chi connectivity index (χ4v) is 4.12. The second-order valence-electron chi connectivity index (χ2n) is 7.02. The average molecular weight is 449 g/mol. The lowest BCUT2D eigenvalue weighted by Crippen LogP contribution is -2.12. The third-order valence-corrected chi connectivity index (χ3v) is 5.76. The lowest BCUT2D eigenvalue weighted by atomic mass is 10.1. The molecule has 0 saturated carbocycles. The number of nitriles is 1. The van der Waals surface area contributed by atoms with E-state index in [2.05, 4.69) is 26.5 Å². The molecule has 0 bridgehead atoms. The summed E-state index contributed by atoms with van der Waals surface area (Å²) in [6.45, 7) is 0. The number of pyridine rings is 1. The molecular formula is C25H16N6OS. The molecule has 7 nitrogen and oxygen atoms in total. The van der Waals surface area contributed by atoms with Crippen LogP contribution in [0.5, 0.6) is 0 Å². The van der Waals surface area contributed by atoms with Crippen LogP contribution < -0.4 is 5.32 Å². The minimum Gasteiger partial charge on any atom is -0.298 e. The van der Waals surface area contributed by atoms with Gasteiger partial charge >= 0.3 is 0 Å². The van der Waals surface area contributed by atoms with Gasteiger partial charge in [0.05, 0.1) is 16.9 Å². The topological polar surface area (TPSA) is 96.5 Å². The number of rotatable bonds is 5. The monoisotopic (exact) mass is 448 g/mol. The smallest absolute Gasteiger partial charge is 0.261 e. The summed E-state index contributed by atoms with van der Waals surface area (Å²) >= 11 is 1.11. The molecule has 1 amide bonds. The Kier molecular flexibility index (Phi) is 5.45. The van der Waals surface area contributed by atoms with E-state index in [-0.39, 0.29) is 5.91 Å². The molecule has 0 unspecified atom stereocenters. The van der Waals surface area contributed by atoms with Crippen molar-refractivity contribution in [3.05, 3.63) is 102 Å². The summed E-state index contributed by atoms with van der Waals surface area (Å²) in [5.41, 5.74) is 3.64. The van der Waals surface area contributed by atoms with E-state index in [4.69, 9.17) is 0 Å². The van der Waals surface area contributed by atoms with E-state index in [1.54, 1.807) is 29.2 Å². The summed E-state index contributed by atoms with van der Waals surface area (Å²) in [6.07, 6.45) is 3.34. The van der Waals surface area contributed by atoms with E-state index in [9.17, 15) is 10.1 Å². The molecule has 0 radical (unpaired) electrons. The molecule has 158 valence electrons. The van der Waals surface area contributed by atoms with Crippen molar-refractivity contribution in [2.24, 2.45) is 0 Å². The van der Waals surface area contributed by atoms with Crippen LogP contribution >= 0.6 is 11.3 Å². The van der Waals surface area contributed by atoms with E-state index in [1.807, 2.05) is 66.7 Å². The van der Waals surface area contributed by atoms with Gasteiger partial charge in [0.2, 0.25) is 0 Å². The second kappa shape index (κ2) is 8.86. The van der Waals surface area contributed by atoms with Gasteiger partial charge in [-0.05, 0) is 24.3 Å². The normalized spacial score (nSPS) is 10.5. The van der Waals surface area contributed by atoms with E-state index < -0.39 is 0 Å². The number of amides is 1. The lowest BCUT2D eigenvalue weighted by Gasteiger charge is -2.02. The molecule has 0 spiro atoms. The summed E-state index contributed by atoms with van der Waals surface area (Å²) in [6, 6.07) is 26.6. The molecule has 3 aromatic heterocycles. The van der Waals surface area contributed by atoms with Crippen molar-refractivity contribution in [3.63, 3.8) is 0 Å². The number of aromatic nitrogens is 4. The van der Waals surface area contributed by atoms with E-state index in [0.717, 1.165) is 22.6 Å². The average Bonchev–Trinajstić information content (AvgIpc) is 3.50. The Morgan fingerprint density at radius 2 is 1.67 bits per heavy atom. The standard InChI is InChI=1S/C25H16N6OS/c26-15-21-23(20-13-7-8-14-27-20)28-25(33-21)29-24(32)19-16-31(18-11-5-2-6-12-18)30-22(19)17-9-3-1-4-10-17/h1-14,16H,(H,28,29,32). The van der Waals surface area contributed by atoms with Gasteiger partial charge in [0.1, 0.15) is 22.3 Å². The maximum atomic E-state index is 13.3. The van der Waals surface area contributed by atoms with Crippen LogP contribution in [0.25, 0.3) is 28.3 Å². The molecule has 0 saturated heterocycles. The highest BCUT2D eigenvalue weighted by molar-refractivity contribution is 7.16. The third kappa shape index (κ3) is 4.13. The van der Waals surface area contributed by atoms with Crippen LogP contribution in [0.15, 0.2) is 91.3 Å². The van der Waals surface area contributed by atoms with Gasteiger partial charge in [-0.3, -0.25) is 15.1 Å². The fourth-order valence-electron chi connectivity index (χ4n) is 3.35. The summed E-state index contributed by atoms with van der Waals surface area (Å²) in [4.78, 5) is 22.4. The van der Waals surface area contributed by atoms with E-state index in [1.165, 1.54) is 0 Å². The number of anilines is 1. The number of hydrogen-bond donors (Lipinski definition) is 1. The maximum absolute atomic E-state index is 13.3. The highest BCUT2D eigenvalue weighted by Gasteiger charge is 2.21. The first-order valence-electron chi connectivity index (χ1n) is 10.1. The van der Waals surface area contributed by atoms with Gasteiger partial charge in [0.15, 0.2) is 5.13 Å². The number of nitrogens with zero attached hydrogens (tertiary/aromatic N) is 5. The van der Waals surface area contributed by atoms with E-state index >= 15 is 0 Å². The lowest BCUT2D eigenvalue weighted by molar-refractivity contribution is 0.102. The predicted molar refractivity (Wildman–Crippen MR) is 127 cm³/mol. The first-order valence-corrected chi connectivity index (χ1v) is 10.9. The Morgan fingerprint density at radius 3 is 2.36 bits per heavy atom. The van der Waals surface area contributed by atoms with Crippen molar-refractivity contribution in [1.82, 2.24) is 19.7 Å². The zero-order valence-corrected chi connectivity index (χ0v) is 18.0. The van der Waals surface area contributed by atoms with Gasteiger partial charge in [-0.2, -0.15) is 10.4 Å². The van der Waals surface area contributed by atoms with Gasteiger partial charge in [0, 0.05) is 18.0 Å². The highest BCUT2D eigenvalue weighted by atomic mass is 32.1. The molecule has 0 aliphatic heterocycles. The Labute approximate surface area is 193 Å². The van der Waals surface area contributed by atoms with E-state index in [0.29, 0.717) is 32.7 Å². The summed E-state index contributed by atoms with van der Waals surface area (Å²) in [7, 11) is 0. The molecule has 33 heavy (non-hydrogen) atoms. The van der Waals surface area contributed by atoms with Crippen molar-refractivity contribution < 1.29 is 4.79 Å². The van der Waals surface area contributed by atoms with Crippen molar-refractivity contribution >= 4 is 22.4 Å². The predicted octanol–water partition coefficient (Wildman–Crippen LogP) is 5.18. The Morgan fingerprint density at radius 1 is 0.939 bits per heavy atom. The van der Waals surface area contributed by atoms with Gasteiger partial charge < -0.3 is 0 Å². The fraction of sp³-hybridized carbons (Fsp3) is 0. The van der Waals surface area contributed by atoms with Crippen molar-refractivity contribution in [1.29, 1.82) is 5.26 Å². The van der Waals surface area contributed by atoms with Gasteiger partial charge in [-0.15, -0.1) is 0 Å². The third-order valence-electron chi connectivity index (χ3n) is 4.88. The Hall–Kier alpha value is -4.61. The number of carbonyl (C=O) groups is 1. The Bertz CT molecular complexity index is 1450. The molecule has 0 atom stereocenters. The molecule has 8 heteroatoms. The molecule has 0 fully saturated rings. The van der Waals surface area contributed by atoms with Crippen molar-refractivity contribution in [3.8, 4) is 34.4 Å². The number of hydrogen-bond acceptors (Lipinski definition) is 6. The number of para-hydroxylation sites is 1. The van der Waals surface area contributed by atoms with Crippen LogP contribution in [0, 0.1) is 11.3 Å². The number of nitrogens with one attached hydrogen (secondary N) is 1. The second-order valence-corrected chi connectivity index (χ2v) is 8.01. The number of benzene rings is 2. The largest absolute Gasteiger partial charge is 0.298 e. The quantitative estimate of drug-likeness (QED) is 0.399. The van der Waals surface area contributed by atoms with Crippen molar-refractivity contribution in [2.75, 3.05) is 5.32 Å². The molecular weight excluding hydrogens is 432 g/mol. The SMILES string of the molecule is N#Cc1sc(NC(=O)c2cn(-c3ccccc3)nc2-c2ccccc2)nc1-c1ccccn1.